The van der Waals surface area contributed by atoms with Crippen LogP contribution in [0.2, 0.25) is 0 Å². The van der Waals surface area contributed by atoms with Gasteiger partial charge in [0.1, 0.15) is 0 Å². The van der Waals surface area contributed by atoms with Gasteiger partial charge in [-0.25, -0.2) is 0 Å². The minimum Gasteiger partial charge on any atom is -0.409 e. The van der Waals surface area contributed by atoms with E-state index in [1.54, 1.807) is 0 Å². The van der Waals surface area contributed by atoms with E-state index in [1.165, 1.54) is 7.05 Å². The molecule has 0 aromatic rings. The first-order chi connectivity index (χ1) is 3.18. The van der Waals surface area contributed by atoms with Crippen LogP contribution in [0.4, 0.5) is 0 Å². The van der Waals surface area contributed by atoms with Gasteiger partial charge in [0.15, 0.2) is 0 Å². The Kier molecular flexibility index (Phi) is 18.0. The van der Waals surface area contributed by atoms with Crippen LogP contribution in [0.5, 0.6) is 0 Å². The van der Waals surface area contributed by atoms with Crippen molar-refractivity contribution in [2.75, 3.05) is 13.6 Å². The van der Waals surface area contributed by atoms with Gasteiger partial charge in [-0.3, -0.25) is 0 Å². The minimum absolute atomic E-state index is 0. The summed E-state index contributed by atoms with van der Waals surface area (Å²) in [5.74, 6) is 0. The summed E-state index contributed by atoms with van der Waals surface area (Å²) in [5, 5.41) is 0. The maximum absolute atomic E-state index is 9.82. The smallest absolute Gasteiger partial charge is 0 e. The third kappa shape index (κ3) is 9.60. The molecule has 2 radical (unpaired) electrons. The van der Waals surface area contributed by atoms with Gasteiger partial charge in [-0.2, -0.15) is 0 Å². The van der Waals surface area contributed by atoms with E-state index in [1.807, 2.05) is 0 Å². The van der Waals surface area contributed by atoms with Crippen LogP contribution in [0.15, 0.2) is 0 Å². The summed E-state index contributed by atoms with van der Waals surface area (Å²) in [7, 11) is -0.635. The van der Waals surface area contributed by atoms with Crippen molar-refractivity contribution in [1.82, 2.24) is 4.31 Å². The standard InChI is InChI=1S/C3H7NO2S.V.Y/c1-3-4(2)7(5)6;;/h1,3H2,2H3;;/q-2;;. The molecule has 52 valence electrons. The van der Waals surface area contributed by atoms with Gasteiger partial charge in [-0.15, -0.1) is 6.54 Å². The number of hydrogen-bond acceptors (Lipinski definition) is 3. The molecular weight excluding hydrogens is 254 g/mol. The summed E-state index contributed by atoms with van der Waals surface area (Å²) in [6.45, 7) is 3.63. The van der Waals surface area contributed by atoms with Crippen molar-refractivity contribution in [3.63, 3.8) is 0 Å². The summed E-state index contributed by atoms with van der Waals surface area (Å²) >= 11 is 0. The van der Waals surface area contributed by atoms with Crippen LogP contribution in [0, 0.1) is 6.92 Å². The number of rotatable bonds is 2. The van der Waals surface area contributed by atoms with Crippen molar-refractivity contribution in [3.05, 3.63) is 6.92 Å². The monoisotopic (exact) mass is 261 g/mol. The van der Waals surface area contributed by atoms with E-state index in [4.69, 9.17) is 0 Å². The molecular formula is C3H7NO2SVY-2. The summed E-state index contributed by atoms with van der Waals surface area (Å²) in [6, 6.07) is 0. The van der Waals surface area contributed by atoms with Crippen molar-refractivity contribution < 1.29 is 59.7 Å². The second-order valence-electron chi connectivity index (χ2n) is 1.07. The van der Waals surface area contributed by atoms with Gasteiger partial charge in [0.2, 0.25) is 0 Å². The van der Waals surface area contributed by atoms with Gasteiger partial charge in [0, 0.05) is 51.3 Å². The van der Waals surface area contributed by atoms with Crippen molar-refractivity contribution in [2.45, 2.75) is 0 Å². The largest absolute Gasteiger partial charge is 0.409 e. The SMILES string of the molecule is [CH2-]CN(C)[S-](=O)=O.[V].[Y]. The fraction of sp³-hybridized carbons (Fsp3) is 0.667. The first kappa shape index (κ1) is 16.9. The molecule has 0 atom stereocenters. The fourth-order valence-electron chi connectivity index (χ4n) is 0.0745. The average molecular weight is 261 g/mol. The predicted octanol–water partition coefficient (Wildman–Crippen LogP) is -0.0284. The Bertz CT molecular complexity index is 110. The molecule has 0 unspecified atom stereocenters. The topological polar surface area (TPSA) is 37.4 Å². The van der Waals surface area contributed by atoms with Crippen LogP contribution < -0.4 is 0 Å². The van der Waals surface area contributed by atoms with Gasteiger partial charge >= 0.3 is 0 Å². The average Bonchev–Trinajstić information content (AvgIpc) is 1.65. The molecule has 9 heavy (non-hydrogen) atoms. The van der Waals surface area contributed by atoms with Crippen molar-refractivity contribution in [2.24, 2.45) is 0 Å². The molecule has 3 nitrogen and oxygen atoms in total. The Morgan fingerprint density at radius 1 is 1.56 bits per heavy atom. The van der Waals surface area contributed by atoms with Gasteiger partial charge in [0.25, 0.3) is 0 Å². The fourth-order valence-corrected chi connectivity index (χ4v) is 0.224. The Morgan fingerprint density at radius 2 is 1.89 bits per heavy atom. The quantitative estimate of drug-likeness (QED) is 0.517. The van der Waals surface area contributed by atoms with Crippen molar-refractivity contribution >= 4 is 10.9 Å². The maximum atomic E-state index is 9.82. The summed E-state index contributed by atoms with van der Waals surface area (Å²) in [6.07, 6.45) is 0. The molecule has 0 heterocycles. The molecule has 0 aliphatic carbocycles. The summed E-state index contributed by atoms with van der Waals surface area (Å²) in [5.41, 5.74) is 0. The zero-order chi connectivity index (χ0) is 5.86. The third-order valence-corrected chi connectivity index (χ3v) is 1.26. The first-order valence-electron chi connectivity index (χ1n) is 1.78. The number of hydrogen-bond donors (Lipinski definition) is 0. The minimum atomic E-state index is -2.09. The van der Waals surface area contributed by atoms with Crippen LogP contribution in [0.3, 0.4) is 0 Å². The molecule has 0 N–H and O–H groups in total. The molecule has 0 bridgehead atoms. The van der Waals surface area contributed by atoms with E-state index in [-0.39, 0.29) is 57.8 Å². The van der Waals surface area contributed by atoms with E-state index >= 15 is 0 Å². The second kappa shape index (κ2) is 9.60. The molecule has 0 saturated heterocycles. The third-order valence-electron chi connectivity index (χ3n) is 0.569. The van der Waals surface area contributed by atoms with E-state index in [9.17, 15) is 8.42 Å². The van der Waals surface area contributed by atoms with Crippen LogP contribution >= 0.6 is 0 Å². The van der Waals surface area contributed by atoms with E-state index in [0.717, 1.165) is 4.31 Å². The molecule has 0 amide bonds. The zero-order valence-corrected chi connectivity index (χ0v) is 10.2. The zero-order valence-electron chi connectivity index (χ0n) is 5.11. The van der Waals surface area contributed by atoms with Gasteiger partial charge in [-0.05, 0) is 17.9 Å². The van der Waals surface area contributed by atoms with Crippen LogP contribution in [-0.2, 0) is 70.6 Å². The molecule has 0 fully saturated rings. The molecule has 0 aromatic carbocycles. The molecule has 0 rings (SSSR count). The van der Waals surface area contributed by atoms with E-state index in [2.05, 4.69) is 6.92 Å². The van der Waals surface area contributed by atoms with Crippen LogP contribution in [0.1, 0.15) is 0 Å². The normalized spacial score (nSPS) is 8.44. The Hall–Kier alpha value is 1.60. The molecule has 0 aliphatic rings. The molecule has 0 spiro atoms. The Balaban J connectivity index is -0.000000180. The van der Waals surface area contributed by atoms with E-state index in [0.29, 0.717) is 0 Å². The second-order valence-corrected chi connectivity index (χ2v) is 2.13. The predicted molar refractivity (Wildman–Crippen MR) is 26.7 cm³/mol. The van der Waals surface area contributed by atoms with Gasteiger partial charge in [0.05, 0.1) is 0 Å². The molecule has 0 aliphatic heterocycles. The maximum Gasteiger partial charge on any atom is 0 e. The Labute approximate surface area is 94.4 Å². The number of nitrogens with zero attached hydrogens (tertiary/aromatic N) is 1. The molecule has 0 aromatic heterocycles. The van der Waals surface area contributed by atoms with Crippen LogP contribution in [0.25, 0.3) is 0 Å². The molecule has 0 saturated carbocycles. The van der Waals surface area contributed by atoms with E-state index < -0.39 is 10.9 Å². The van der Waals surface area contributed by atoms with Gasteiger partial charge in [-0.1, -0.05) is 0 Å². The summed E-state index contributed by atoms with van der Waals surface area (Å²) in [4.78, 5) is 0. The van der Waals surface area contributed by atoms with Crippen molar-refractivity contribution in [1.29, 1.82) is 0 Å². The molecule has 6 heteroatoms. The van der Waals surface area contributed by atoms with Crippen molar-refractivity contribution in [3.8, 4) is 0 Å². The van der Waals surface area contributed by atoms with Gasteiger partial charge < -0.3 is 19.6 Å². The van der Waals surface area contributed by atoms with Crippen LogP contribution in [-0.4, -0.2) is 17.9 Å². The first-order valence-corrected chi connectivity index (χ1v) is 2.81. The Morgan fingerprint density at radius 3 is 1.89 bits per heavy atom. The summed E-state index contributed by atoms with van der Waals surface area (Å²) < 4.78 is 20.7.